The summed E-state index contributed by atoms with van der Waals surface area (Å²) >= 11 is 2.10. The minimum Gasteiger partial charge on any atom is -0.313 e. The second-order valence-corrected chi connectivity index (χ2v) is 6.82. The molecule has 0 aliphatic carbocycles. The van der Waals surface area contributed by atoms with E-state index in [1.54, 1.807) is 0 Å². The molecule has 2 unspecified atom stereocenters. The van der Waals surface area contributed by atoms with Crippen molar-refractivity contribution in [3.8, 4) is 0 Å². The van der Waals surface area contributed by atoms with Crippen molar-refractivity contribution in [2.75, 3.05) is 18.8 Å². The van der Waals surface area contributed by atoms with Gasteiger partial charge in [0.2, 0.25) is 0 Å². The number of thioether (sulfide) groups is 1. The maximum Gasteiger partial charge on any atom is 0.0240 e. The van der Waals surface area contributed by atoms with Gasteiger partial charge in [-0.25, -0.2) is 0 Å². The van der Waals surface area contributed by atoms with E-state index in [0.29, 0.717) is 6.04 Å². The Morgan fingerprint density at radius 2 is 2.00 bits per heavy atom. The lowest BCUT2D eigenvalue weighted by Gasteiger charge is -2.37. The van der Waals surface area contributed by atoms with E-state index in [1.807, 2.05) is 0 Å². The van der Waals surface area contributed by atoms with Crippen LogP contribution in [0.4, 0.5) is 0 Å². The van der Waals surface area contributed by atoms with Gasteiger partial charge in [0.15, 0.2) is 0 Å². The molecule has 1 aromatic carbocycles. The van der Waals surface area contributed by atoms with E-state index >= 15 is 0 Å². The summed E-state index contributed by atoms with van der Waals surface area (Å²) in [5, 5.41) is 4.18. The lowest BCUT2D eigenvalue weighted by molar-refractivity contribution is 0.204. The van der Waals surface area contributed by atoms with Crippen LogP contribution in [0.25, 0.3) is 0 Å². The van der Waals surface area contributed by atoms with Gasteiger partial charge < -0.3 is 5.32 Å². The molecule has 1 aliphatic heterocycles. The highest BCUT2D eigenvalue weighted by molar-refractivity contribution is 8.00. The third kappa shape index (κ3) is 3.98. The van der Waals surface area contributed by atoms with E-state index in [9.17, 15) is 0 Å². The molecule has 0 saturated carbocycles. The molecular weight excluding hydrogens is 252 g/mol. The zero-order valence-electron chi connectivity index (χ0n) is 12.4. The minimum atomic E-state index is 0.672. The third-order valence-electron chi connectivity index (χ3n) is 4.07. The van der Waals surface area contributed by atoms with Crippen molar-refractivity contribution in [3.05, 3.63) is 35.4 Å². The number of hydrogen-bond acceptors (Lipinski definition) is 3. The zero-order valence-corrected chi connectivity index (χ0v) is 13.2. The van der Waals surface area contributed by atoms with Crippen molar-refractivity contribution in [3.63, 3.8) is 0 Å². The van der Waals surface area contributed by atoms with Gasteiger partial charge >= 0.3 is 0 Å². The molecule has 19 heavy (non-hydrogen) atoms. The third-order valence-corrected chi connectivity index (χ3v) is 5.41. The maximum atomic E-state index is 3.44. The van der Waals surface area contributed by atoms with Crippen LogP contribution in [0.5, 0.6) is 0 Å². The smallest absolute Gasteiger partial charge is 0.0240 e. The Balaban J connectivity index is 2.05. The summed E-state index contributed by atoms with van der Waals surface area (Å²) in [5.41, 5.74) is 2.93. The summed E-state index contributed by atoms with van der Waals surface area (Å²) in [6, 6.07) is 9.52. The van der Waals surface area contributed by atoms with Crippen molar-refractivity contribution < 1.29 is 0 Å². The number of nitrogens with one attached hydrogen (secondary N) is 1. The summed E-state index contributed by atoms with van der Waals surface area (Å²) in [6.07, 6.45) is 0. The molecule has 0 bridgehead atoms. The first kappa shape index (κ1) is 14.9. The molecule has 1 fully saturated rings. The van der Waals surface area contributed by atoms with Gasteiger partial charge in [0.05, 0.1) is 0 Å². The van der Waals surface area contributed by atoms with Gasteiger partial charge in [-0.3, -0.25) is 4.90 Å². The van der Waals surface area contributed by atoms with Crippen LogP contribution < -0.4 is 5.32 Å². The monoisotopic (exact) mass is 278 g/mol. The molecule has 0 aromatic heterocycles. The Labute approximate surface area is 122 Å². The van der Waals surface area contributed by atoms with E-state index < -0.39 is 0 Å². The predicted molar refractivity (Wildman–Crippen MR) is 85.6 cm³/mol. The first-order chi connectivity index (χ1) is 9.22. The van der Waals surface area contributed by atoms with Crippen molar-refractivity contribution in [2.24, 2.45) is 0 Å². The van der Waals surface area contributed by atoms with Gasteiger partial charge in [0.1, 0.15) is 0 Å². The van der Waals surface area contributed by atoms with Crippen molar-refractivity contribution in [1.29, 1.82) is 0 Å². The number of nitrogens with zero attached hydrogens (tertiary/aromatic N) is 1. The fraction of sp³-hybridized carbons (Fsp3) is 0.625. The first-order valence-electron chi connectivity index (χ1n) is 7.35. The van der Waals surface area contributed by atoms with Crippen LogP contribution >= 0.6 is 11.8 Å². The Morgan fingerprint density at radius 3 is 2.74 bits per heavy atom. The van der Waals surface area contributed by atoms with Crippen LogP contribution in [-0.2, 0) is 13.1 Å². The lowest BCUT2D eigenvalue weighted by Crippen LogP contribution is -2.44. The molecule has 106 valence electrons. The van der Waals surface area contributed by atoms with Crippen molar-refractivity contribution in [1.82, 2.24) is 10.2 Å². The van der Waals surface area contributed by atoms with Gasteiger partial charge in [-0.15, -0.1) is 0 Å². The Hall–Kier alpha value is -0.510. The SMILES string of the molecule is CCNCc1ccccc1CN1CCSC(C)C1C. The minimum absolute atomic E-state index is 0.672. The molecule has 1 aromatic rings. The average molecular weight is 278 g/mol. The van der Waals surface area contributed by atoms with Gasteiger partial charge in [-0.1, -0.05) is 38.1 Å². The lowest BCUT2D eigenvalue weighted by atomic mass is 10.1. The second kappa shape index (κ2) is 7.32. The number of hydrogen-bond donors (Lipinski definition) is 1. The van der Waals surface area contributed by atoms with Gasteiger partial charge in [0, 0.05) is 36.7 Å². The largest absolute Gasteiger partial charge is 0.313 e. The van der Waals surface area contributed by atoms with E-state index in [0.717, 1.165) is 24.9 Å². The zero-order chi connectivity index (χ0) is 13.7. The molecule has 3 heteroatoms. The van der Waals surface area contributed by atoms with Gasteiger partial charge in [-0.05, 0) is 24.6 Å². The van der Waals surface area contributed by atoms with Crippen LogP contribution in [0, 0.1) is 0 Å². The van der Waals surface area contributed by atoms with Crippen LogP contribution in [0.1, 0.15) is 31.9 Å². The molecule has 2 rings (SSSR count). The summed E-state index contributed by atoms with van der Waals surface area (Å²) in [6.45, 7) is 11.2. The first-order valence-corrected chi connectivity index (χ1v) is 8.40. The predicted octanol–water partition coefficient (Wildman–Crippen LogP) is 3.12. The van der Waals surface area contributed by atoms with Gasteiger partial charge in [-0.2, -0.15) is 11.8 Å². The molecule has 2 atom stereocenters. The molecule has 1 saturated heterocycles. The van der Waals surface area contributed by atoms with E-state index in [4.69, 9.17) is 0 Å². The molecule has 1 N–H and O–H groups in total. The number of rotatable bonds is 5. The molecule has 1 heterocycles. The maximum absolute atomic E-state index is 3.44. The molecule has 1 aliphatic rings. The Kier molecular flexibility index (Phi) is 5.74. The molecule has 0 radical (unpaired) electrons. The highest BCUT2D eigenvalue weighted by Crippen LogP contribution is 2.26. The van der Waals surface area contributed by atoms with E-state index in [1.165, 1.54) is 23.4 Å². The summed E-state index contributed by atoms with van der Waals surface area (Å²) in [4.78, 5) is 2.63. The van der Waals surface area contributed by atoms with Crippen LogP contribution in [0.15, 0.2) is 24.3 Å². The van der Waals surface area contributed by atoms with E-state index in [-0.39, 0.29) is 0 Å². The quantitative estimate of drug-likeness (QED) is 0.891. The summed E-state index contributed by atoms with van der Waals surface area (Å²) in [5.74, 6) is 1.26. The Bertz CT molecular complexity index is 394. The summed E-state index contributed by atoms with van der Waals surface area (Å²) in [7, 11) is 0. The highest BCUT2D eigenvalue weighted by atomic mass is 32.2. The van der Waals surface area contributed by atoms with Crippen molar-refractivity contribution >= 4 is 11.8 Å². The van der Waals surface area contributed by atoms with Crippen LogP contribution in [-0.4, -0.2) is 35.0 Å². The molecule has 0 amide bonds. The molecule has 0 spiro atoms. The number of benzene rings is 1. The van der Waals surface area contributed by atoms with Crippen LogP contribution in [0.2, 0.25) is 0 Å². The average Bonchev–Trinajstić information content (AvgIpc) is 2.43. The highest BCUT2D eigenvalue weighted by Gasteiger charge is 2.25. The fourth-order valence-corrected chi connectivity index (χ4v) is 3.74. The topological polar surface area (TPSA) is 15.3 Å². The Morgan fingerprint density at radius 1 is 1.26 bits per heavy atom. The van der Waals surface area contributed by atoms with Gasteiger partial charge in [0.25, 0.3) is 0 Å². The summed E-state index contributed by atoms with van der Waals surface area (Å²) < 4.78 is 0. The molecule has 2 nitrogen and oxygen atoms in total. The van der Waals surface area contributed by atoms with Crippen LogP contribution in [0.3, 0.4) is 0 Å². The fourth-order valence-electron chi connectivity index (χ4n) is 2.58. The normalized spacial score (nSPS) is 24.6. The molecular formula is C16H26N2S. The van der Waals surface area contributed by atoms with Crippen molar-refractivity contribution in [2.45, 2.75) is 45.2 Å². The standard InChI is InChI=1S/C16H26N2S/c1-4-17-11-15-7-5-6-8-16(15)12-18-9-10-19-14(3)13(18)2/h5-8,13-14,17H,4,9-12H2,1-3H3. The second-order valence-electron chi connectivity index (χ2n) is 5.34. The van der Waals surface area contributed by atoms with E-state index in [2.05, 4.69) is 67.0 Å².